The zero-order valence-corrected chi connectivity index (χ0v) is 10.0. The molecule has 1 N–H and O–H groups in total. The normalized spacial score (nSPS) is 10.0. The minimum atomic E-state index is -0.415. The number of rotatable bonds is 7. The fourth-order valence-corrected chi connectivity index (χ4v) is 1.07. The van der Waals surface area contributed by atoms with E-state index in [1.807, 2.05) is 13.8 Å². The summed E-state index contributed by atoms with van der Waals surface area (Å²) in [7, 11) is 1.28. The van der Waals surface area contributed by atoms with Crippen LogP contribution < -0.4 is 5.32 Å². The number of carbonyl (C=O) groups excluding carboxylic acids is 3. The third kappa shape index (κ3) is 7.96. The van der Waals surface area contributed by atoms with Gasteiger partial charge in [0.1, 0.15) is 0 Å². The Balaban J connectivity index is 3.65. The molecule has 0 rings (SSSR count). The van der Waals surface area contributed by atoms with E-state index in [1.54, 1.807) is 0 Å². The lowest BCUT2D eigenvalue weighted by atomic mass is 10.1. The molecule has 0 atom stereocenters. The maximum atomic E-state index is 11.2. The van der Waals surface area contributed by atoms with Crippen LogP contribution in [-0.2, 0) is 19.1 Å². The van der Waals surface area contributed by atoms with E-state index in [4.69, 9.17) is 0 Å². The van der Waals surface area contributed by atoms with Gasteiger partial charge in [0.2, 0.25) is 5.91 Å². The number of methoxy groups -OCH3 is 1. The standard InChI is InChI=1S/C11H19NO4/c1-8(2)6-10(14)12-7-9(13)4-5-11(15)16-3/h8H,4-7H2,1-3H3,(H,12,14). The molecule has 0 aromatic carbocycles. The second kappa shape index (κ2) is 7.84. The maximum Gasteiger partial charge on any atom is 0.305 e. The molecule has 0 bridgehead atoms. The SMILES string of the molecule is COC(=O)CCC(=O)CNC(=O)CC(C)C. The number of nitrogens with one attached hydrogen (secondary N) is 1. The molecule has 16 heavy (non-hydrogen) atoms. The summed E-state index contributed by atoms with van der Waals surface area (Å²) < 4.78 is 4.40. The highest BCUT2D eigenvalue weighted by Gasteiger charge is 2.09. The number of esters is 1. The third-order valence-electron chi connectivity index (χ3n) is 1.91. The van der Waals surface area contributed by atoms with Gasteiger partial charge >= 0.3 is 5.97 Å². The first-order chi connectivity index (χ1) is 7.45. The number of ketones is 1. The Bertz CT molecular complexity index is 261. The molecule has 0 aliphatic heterocycles. The van der Waals surface area contributed by atoms with Gasteiger partial charge in [-0.3, -0.25) is 14.4 Å². The molecule has 92 valence electrons. The van der Waals surface area contributed by atoms with Gasteiger partial charge in [-0.05, 0) is 5.92 Å². The summed E-state index contributed by atoms with van der Waals surface area (Å²) in [4.78, 5) is 33.2. The number of hydrogen-bond acceptors (Lipinski definition) is 4. The molecule has 0 unspecified atom stereocenters. The van der Waals surface area contributed by atoms with Crippen LogP contribution in [0.3, 0.4) is 0 Å². The lowest BCUT2D eigenvalue weighted by Gasteiger charge is -2.06. The number of hydrogen-bond donors (Lipinski definition) is 1. The monoisotopic (exact) mass is 229 g/mol. The molecule has 5 heteroatoms. The number of ether oxygens (including phenoxy) is 1. The molecule has 0 aliphatic carbocycles. The van der Waals surface area contributed by atoms with Crippen LogP contribution in [0.2, 0.25) is 0 Å². The lowest BCUT2D eigenvalue weighted by molar-refractivity contribution is -0.141. The van der Waals surface area contributed by atoms with Gasteiger partial charge in [0.05, 0.1) is 20.1 Å². The van der Waals surface area contributed by atoms with Crippen molar-refractivity contribution in [2.75, 3.05) is 13.7 Å². The summed E-state index contributed by atoms with van der Waals surface area (Å²) in [5.41, 5.74) is 0. The van der Waals surface area contributed by atoms with Crippen LogP contribution in [0.5, 0.6) is 0 Å². The molecule has 5 nitrogen and oxygen atoms in total. The summed E-state index contributed by atoms with van der Waals surface area (Å²) in [5.74, 6) is -0.448. The average Bonchev–Trinajstić information content (AvgIpc) is 2.22. The molecular weight excluding hydrogens is 210 g/mol. The molecule has 0 aromatic heterocycles. The highest BCUT2D eigenvalue weighted by molar-refractivity contribution is 5.88. The quantitative estimate of drug-likeness (QED) is 0.651. The van der Waals surface area contributed by atoms with Gasteiger partial charge in [0, 0.05) is 12.8 Å². The van der Waals surface area contributed by atoms with Crippen molar-refractivity contribution in [3.05, 3.63) is 0 Å². The van der Waals surface area contributed by atoms with Crippen molar-refractivity contribution >= 4 is 17.7 Å². The Hall–Kier alpha value is -1.39. The van der Waals surface area contributed by atoms with Gasteiger partial charge in [-0.25, -0.2) is 0 Å². The van der Waals surface area contributed by atoms with Crippen molar-refractivity contribution < 1.29 is 19.1 Å². The molecule has 0 spiro atoms. The molecule has 0 heterocycles. The van der Waals surface area contributed by atoms with Gasteiger partial charge in [0.25, 0.3) is 0 Å². The van der Waals surface area contributed by atoms with E-state index in [1.165, 1.54) is 7.11 Å². The van der Waals surface area contributed by atoms with Crippen molar-refractivity contribution in [3.63, 3.8) is 0 Å². The Morgan fingerprint density at radius 2 is 1.81 bits per heavy atom. The van der Waals surface area contributed by atoms with E-state index in [0.29, 0.717) is 6.42 Å². The van der Waals surface area contributed by atoms with E-state index in [2.05, 4.69) is 10.1 Å². The summed E-state index contributed by atoms with van der Waals surface area (Å²) in [6.45, 7) is 3.85. The van der Waals surface area contributed by atoms with E-state index in [9.17, 15) is 14.4 Å². The lowest BCUT2D eigenvalue weighted by Crippen LogP contribution is -2.30. The van der Waals surface area contributed by atoms with Crippen LogP contribution >= 0.6 is 0 Å². The van der Waals surface area contributed by atoms with Crippen LogP contribution in [-0.4, -0.2) is 31.3 Å². The highest BCUT2D eigenvalue weighted by atomic mass is 16.5. The Morgan fingerprint density at radius 3 is 2.31 bits per heavy atom. The first-order valence-electron chi connectivity index (χ1n) is 5.31. The van der Waals surface area contributed by atoms with E-state index < -0.39 is 5.97 Å². The van der Waals surface area contributed by atoms with Crippen molar-refractivity contribution in [3.8, 4) is 0 Å². The second-order valence-electron chi connectivity index (χ2n) is 3.99. The molecule has 0 fully saturated rings. The Morgan fingerprint density at radius 1 is 1.19 bits per heavy atom. The van der Waals surface area contributed by atoms with Crippen molar-refractivity contribution in [1.29, 1.82) is 0 Å². The summed E-state index contributed by atoms with van der Waals surface area (Å²) >= 11 is 0. The molecule has 0 aromatic rings. The van der Waals surface area contributed by atoms with Crippen molar-refractivity contribution in [2.24, 2.45) is 5.92 Å². The van der Waals surface area contributed by atoms with Crippen LogP contribution in [0.4, 0.5) is 0 Å². The first kappa shape index (κ1) is 14.6. The Kier molecular flexibility index (Phi) is 7.16. The summed E-state index contributed by atoms with van der Waals surface area (Å²) in [5, 5.41) is 2.51. The van der Waals surface area contributed by atoms with Gasteiger partial charge in [-0.1, -0.05) is 13.8 Å². The van der Waals surface area contributed by atoms with Crippen LogP contribution in [0.25, 0.3) is 0 Å². The molecule has 1 amide bonds. The van der Waals surface area contributed by atoms with Crippen LogP contribution in [0.15, 0.2) is 0 Å². The predicted octanol–water partition coefficient (Wildman–Crippen LogP) is 0.671. The van der Waals surface area contributed by atoms with E-state index in [-0.39, 0.29) is 37.0 Å². The van der Waals surface area contributed by atoms with E-state index in [0.717, 1.165) is 0 Å². The largest absolute Gasteiger partial charge is 0.469 e. The fourth-order valence-electron chi connectivity index (χ4n) is 1.07. The smallest absolute Gasteiger partial charge is 0.305 e. The minimum absolute atomic E-state index is 0.0114. The van der Waals surface area contributed by atoms with Crippen molar-refractivity contribution in [1.82, 2.24) is 5.32 Å². The first-order valence-corrected chi connectivity index (χ1v) is 5.31. The molecule has 0 saturated heterocycles. The van der Waals surface area contributed by atoms with Crippen LogP contribution in [0, 0.1) is 5.92 Å². The van der Waals surface area contributed by atoms with Gasteiger partial charge < -0.3 is 10.1 Å². The number of amides is 1. The van der Waals surface area contributed by atoms with Crippen LogP contribution in [0.1, 0.15) is 33.1 Å². The third-order valence-corrected chi connectivity index (χ3v) is 1.91. The van der Waals surface area contributed by atoms with Gasteiger partial charge in [-0.2, -0.15) is 0 Å². The molecular formula is C11H19NO4. The second-order valence-corrected chi connectivity index (χ2v) is 3.99. The predicted molar refractivity (Wildman–Crippen MR) is 58.7 cm³/mol. The average molecular weight is 229 g/mol. The maximum absolute atomic E-state index is 11.2. The molecule has 0 aliphatic rings. The number of Topliss-reactive ketones (excluding diaryl/α,β-unsaturated/α-hetero) is 1. The fraction of sp³-hybridized carbons (Fsp3) is 0.727. The molecule has 0 radical (unpaired) electrons. The number of carbonyl (C=O) groups is 3. The zero-order valence-electron chi connectivity index (χ0n) is 10.0. The van der Waals surface area contributed by atoms with Crippen molar-refractivity contribution in [2.45, 2.75) is 33.1 Å². The Labute approximate surface area is 95.5 Å². The van der Waals surface area contributed by atoms with Gasteiger partial charge in [-0.15, -0.1) is 0 Å². The molecule has 0 saturated carbocycles. The van der Waals surface area contributed by atoms with E-state index >= 15 is 0 Å². The minimum Gasteiger partial charge on any atom is -0.469 e. The zero-order chi connectivity index (χ0) is 12.6. The van der Waals surface area contributed by atoms with Gasteiger partial charge in [0.15, 0.2) is 5.78 Å². The summed E-state index contributed by atoms with van der Waals surface area (Å²) in [6, 6.07) is 0. The summed E-state index contributed by atoms with van der Waals surface area (Å²) in [6.07, 6.45) is 0.578. The highest BCUT2D eigenvalue weighted by Crippen LogP contribution is 1.98. The topological polar surface area (TPSA) is 72.5 Å².